The Morgan fingerprint density at radius 2 is 0.757 bits per heavy atom. The molecule has 0 aliphatic carbocycles. The van der Waals surface area contributed by atoms with Crippen molar-refractivity contribution in [3.63, 3.8) is 0 Å². The number of hydrogen-bond acceptors (Lipinski definition) is 3. The van der Waals surface area contributed by atoms with Gasteiger partial charge in [0.1, 0.15) is 0 Å². The molecule has 0 aromatic carbocycles. The molecule has 0 fully saturated rings. The van der Waals surface area contributed by atoms with E-state index in [1.54, 1.807) is 0 Å². The maximum atomic E-state index is 13.5. The summed E-state index contributed by atoms with van der Waals surface area (Å²) in [4.78, 5) is 0. The molecule has 37 heavy (non-hydrogen) atoms. The molecule has 0 atom stereocenters. The van der Waals surface area contributed by atoms with Gasteiger partial charge >= 0.3 is 62.8 Å². The molecular weight excluding hydrogens is 604 g/mol. The molecule has 0 amide bonds. The summed E-state index contributed by atoms with van der Waals surface area (Å²) in [5, 5.41) is -5.15. The minimum absolute atomic E-state index is 0.501. The summed E-state index contributed by atoms with van der Waals surface area (Å²) < 4.78 is 267. The van der Waals surface area contributed by atoms with Crippen molar-refractivity contribution in [1.29, 1.82) is 0 Å². The fourth-order valence-electron chi connectivity index (χ4n) is 2.03. The smallest absolute Gasteiger partial charge is 0.323 e. The zero-order chi connectivity index (χ0) is 31.1. The van der Waals surface area contributed by atoms with Crippen molar-refractivity contribution in [3.05, 3.63) is 0 Å². The van der Waals surface area contributed by atoms with Gasteiger partial charge in [0.05, 0.1) is 0 Å². The van der Waals surface area contributed by atoms with Crippen LogP contribution in [0, 0.1) is 0 Å². The van der Waals surface area contributed by atoms with Crippen LogP contribution in [0.2, 0.25) is 0 Å². The van der Waals surface area contributed by atoms with Crippen LogP contribution >= 0.6 is 0 Å². The predicted octanol–water partition coefficient (Wildman–Crippen LogP) is 6.19. The van der Waals surface area contributed by atoms with E-state index in [0.717, 1.165) is 0 Å². The minimum Gasteiger partial charge on any atom is -0.323 e. The third-order valence-electron chi connectivity index (χ3n) is 4.08. The van der Waals surface area contributed by atoms with Gasteiger partial charge in [-0.3, -0.25) is 4.55 Å². The molecule has 23 heteroatoms. The van der Waals surface area contributed by atoms with Crippen molar-refractivity contribution in [2.75, 3.05) is 14.1 Å². The maximum absolute atomic E-state index is 13.5. The van der Waals surface area contributed by atoms with E-state index in [2.05, 4.69) is 5.32 Å². The van der Waals surface area contributed by atoms with Crippen LogP contribution in [0.1, 0.15) is 19.8 Å². The Labute approximate surface area is 195 Å². The highest BCUT2D eigenvalue weighted by atomic mass is 32.2. The number of nitrogens with one attached hydrogen (secondary N) is 1. The average Bonchev–Trinajstić information content (AvgIpc) is 2.66. The number of rotatable bonds is 11. The van der Waals surface area contributed by atoms with E-state index in [4.69, 9.17) is 4.55 Å². The molecule has 0 spiro atoms. The summed E-state index contributed by atoms with van der Waals surface area (Å²) in [5.74, 6) is -66.9. The lowest BCUT2D eigenvalue weighted by atomic mass is 9.87. The zero-order valence-electron chi connectivity index (χ0n) is 17.9. The first-order valence-electron chi connectivity index (χ1n) is 8.68. The zero-order valence-corrected chi connectivity index (χ0v) is 18.7. The first-order valence-corrected chi connectivity index (χ1v) is 10.1. The number of alkyl halides is 18. The van der Waals surface area contributed by atoms with E-state index in [1.165, 1.54) is 0 Å². The topological polar surface area (TPSA) is 66.4 Å². The van der Waals surface area contributed by atoms with Crippen molar-refractivity contribution in [2.45, 2.75) is 72.4 Å². The summed E-state index contributed by atoms with van der Waals surface area (Å²) in [5.41, 5.74) is 0. The van der Waals surface area contributed by atoms with Crippen molar-refractivity contribution in [2.24, 2.45) is 0 Å². The highest BCUT2D eigenvalue weighted by Crippen LogP contribution is 2.65. The lowest BCUT2D eigenvalue weighted by molar-refractivity contribution is -0.459. The van der Waals surface area contributed by atoms with E-state index in [1.807, 2.05) is 14.1 Å². The monoisotopic (exact) mass is 619 g/mol. The summed E-state index contributed by atoms with van der Waals surface area (Å²) in [7, 11) is -4.21. The van der Waals surface area contributed by atoms with E-state index >= 15 is 0 Å². The van der Waals surface area contributed by atoms with E-state index < -0.39 is 75.6 Å². The molecule has 4 nitrogen and oxygen atoms in total. The second kappa shape index (κ2) is 10.3. The SMILES string of the molecule is CCCC(F)(F)C(F)(F)C(F)(F)C(F)(F)C(F)(F)C(F)(F)C(F)(F)C(F)(F)C(F)(F)S(=O)(=O)O.CNC. The molecule has 0 saturated heterocycles. The summed E-state index contributed by atoms with van der Waals surface area (Å²) in [6.07, 6.45) is -3.81. The number of halogens is 18. The Kier molecular flexibility index (Phi) is 10.5. The van der Waals surface area contributed by atoms with Crippen LogP contribution in [0.3, 0.4) is 0 Å². The highest BCUT2D eigenvalue weighted by molar-refractivity contribution is 7.87. The van der Waals surface area contributed by atoms with Crippen LogP contribution in [0.25, 0.3) is 0 Å². The Bertz CT molecular complexity index is 886. The predicted molar refractivity (Wildman–Crippen MR) is 86.0 cm³/mol. The molecule has 0 aromatic heterocycles. The standard InChI is InChI=1S/C12H8F18O3S.C2H7N/c1-2-3-4(13,14)5(15,16)6(17,18)7(19,20)8(21,22)9(23,24)10(25,26)11(27,28)12(29,30)34(31,32)33;1-3-2/h2-3H2,1H3,(H,31,32,33);3H,1-2H3. The van der Waals surface area contributed by atoms with Gasteiger partial charge in [-0.1, -0.05) is 13.3 Å². The normalized spacial score (nSPS) is 15.8. The van der Waals surface area contributed by atoms with Gasteiger partial charge in [0.2, 0.25) is 0 Å². The van der Waals surface area contributed by atoms with Gasteiger partial charge < -0.3 is 5.32 Å². The molecule has 0 heterocycles. The van der Waals surface area contributed by atoms with Gasteiger partial charge in [0, 0.05) is 6.42 Å². The average molecular weight is 619 g/mol. The van der Waals surface area contributed by atoms with E-state index in [9.17, 15) is 87.4 Å². The van der Waals surface area contributed by atoms with Crippen LogP contribution < -0.4 is 5.32 Å². The van der Waals surface area contributed by atoms with Crippen molar-refractivity contribution < 1.29 is 92.0 Å². The molecule has 226 valence electrons. The van der Waals surface area contributed by atoms with Crippen LogP contribution in [-0.2, 0) is 10.1 Å². The lowest BCUT2D eigenvalue weighted by Crippen LogP contribution is -2.76. The lowest BCUT2D eigenvalue weighted by Gasteiger charge is -2.44. The third kappa shape index (κ3) is 5.26. The molecule has 0 unspecified atom stereocenters. The van der Waals surface area contributed by atoms with Gasteiger partial charge in [0.25, 0.3) is 0 Å². The Morgan fingerprint density at radius 1 is 0.541 bits per heavy atom. The van der Waals surface area contributed by atoms with Gasteiger partial charge in [-0.2, -0.15) is 87.4 Å². The minimum atomic E-state index is -9.00. The Balaban J connectivity index is 0. The molecular formula is C14H15F18NO3S. The molecule has 2 N–H and O–H groups in total. The molecule has 0 aliphatic rings. The van der Waals surface area contributed by atoms with Gasteiger partial charge in [-0.15, -0.1) is 0 Å². The molecule has 0 aliphatic heterocycles. The largest absolute Gasteiger partial charge is 0.438 e. The summed E-state index contributed by atoms with van der Waals surface area (Å²) in [6.45, 7) is 0.501. The van der Waals surface area contributed by atoms with Crippen LogP contribution in [-0.4, -0.2) is 79.7 Å². The van der Waals surface area contributed by atoms with E-state index in [0.29, 0.717) is 6.92 Å². The van der Waals surface area contributed by atoms with Gasteiger partial charge in [-0.05, 0) is 14.1 Å². The summed E-state index contributed by atoms with van der Waals surface area (Å²) in [6, 6.07) is 0. The van der Waals surface area contributed by atoms with E-state index in [-0.39, 0.29) is 0 Å². The van der Waals surface area contributed by atoms with Gasteiger partial charge in [-0.25, -0.2) is 0 Å². The number of hydrogen-bond donors (Lipinski definition) is 2. The maximum Gasteiger partial charge on any atom is 0.438 e. The molecule has 0 bridgehead atoms. The first kappa shape index (κ1) is 37.8. The molecule has 0 aromatic rings. The molecule has 0 rings (SSSR count). The van der Waals surface area contributed by atoms with Crippen LogP contribution in [0.5, 0.6) is 0 Å². The fourth-order valence-corrected chi connectivity index (χ4v) is 2.48. The van der Waals surface area contributed by atoms with Crippen molar-refractivity contribution >= 4 is 10.1 Å². The third-order valence-corrected chi connectivity index (χ3v) is 4.98. The summed E-state index contributed by atoms with van der Waals surface area (Å²) >= 11 is 0. The second-order valence-corrected chi connectivity index (χ2v) is 8.43. The van der Waals surface area contributed by atoms with Crippen LogP contribution in [0.4, 0.5) is 79.0 Å². The molecule has 0 saturated carbocycles. The molecule has 0 radical (unpaired) electrons. The fraction of sp³-hybridized carbons (Fsp3) is 1.00. The van der Waals surface area contributed by atoms with Crippen molar-refractivity contribution in [3.8, 4) is 0 Å². The highest BCUT2D eigenvalue weighted by Gasteiger charge is 2.97. The second-order valence-electron chi connectivity index (χ2n) is 6.97. The Hall–Kier alpha value is -1.39. The van der Waals surface area contributed by atoms with Crippen LogP contribution in [0.15, 0.2) is 0 Å². The quantitative estimate of drug-likeness (QED) is 0.214. The van der Waals surface area contributed by atoms with Crippen molar-refractivity contribution in [1.82, 2.24) is 5.32 Å². The first-order chi connectivity index (χ1) is 15.7. The Morgan fingerprint density at radius 3 is 0.973 bits per heavy atom. The van der Waals surface area contributed by atoms with Gasteiger partial charge in [0.15, 0.2) is 0 Å².